The summed E-state index contributed by atoms with van der Waals surface area (Å²) in [5.41, 5.74) is 3.59. The molecule has 1 heterocycles. The number of nitrogens with two attached hydrogens (primary N) is 1. The van der Waals surface area contributed by atoms with Crippen molar-refractivity contribution in [1.29, 1.82) is 0 Å². The Kier molecular flexibility index (Phi) is 4.29. The van der Waals surface area contributed by atoms with Gasteiger partial charge < -0.3 is 10.2 Å². The van der Waals surface area contributed by atoms with Gasteiger partial charge in [0, 0.05) is 12.3 Å². The number of aromatic nitrogens is 1. The number of anilines is 2. The number of hydrogen-bond donors (Lipinski definition) is 3. The highest BCUT2D eigenvalue weighted by molar-refractivity contribution is 7.92. The van der Waals surface area contributed by atoms with Crippen LogP contribution in [0, 0.1) is 6.92 Å². The van der Waals surface area contributed by atoms with Gasteiger partial charge >= 0.3 is 0 Å². The van der Waals surface area contributed by atoms with Crippen LogP contribution in [0.1, 0.15) is 5.56 Å². The fourth-order valence-electron chi connectivity index (χ4n) is 1.76. The molecule has 0 saturated carbocycles. The molecule has 0 spiro atoms. The van der Waals surface area contributed by atoms with Crippen LogP contribution < -0.4 is 20.7 Å². The SMILES string of the molecule is COc1ccc(C)cc1NS(=O)(=O)c1ccnc(NN)c1. The molecule has 0 aliphatic heterocycles. The quantitative estimate of drug-likeness (QED) is 0.570. The van der Waals surface area contributed by atoms with E-state index in [1.165, 1.54) is 25.4 Å². The minimum absolute atomic E-state index is 0.0500. The first-order chi connectivity index (χ1) is 9.96. The molecule has 0 aliphatic carbocycles. The molecule has 2 aromatic rings. The van der Waals surface area contributed by atoms with Gasteiger partial charge in [-0.15, -0.1) is 0 Å². The Morgan fingerprint density at radius 3 is 2.67 bits per heavy atom. The number of hydrogen-bond acceptors (Lipinski definition) is 6. The first kappa shape index (κ1) is 15.1. The smallest absolute Gasteiger partial charge is 0.262 e. The second kappa shape index (κ2) is 5.98. The topological polar surface area (TPSA) is 106 Å². The standard InChI is InChI=1S/C13H16N4O3S/c1-9-3-4-12(20-2)11(7-9)17-21(18,19)10-5-6-15-13(8-10)16-14/h3-8,17H,14H2,1-2H3,(H,15,16). The lowest BCUT2D eigenvalue weighted by molar-refractivity contribution is 0.417. The van der Waals surface area contributed by atoms with Crippen LogP contribution in [-0.2, 0) is 10.0 Å². The molecule has 4 N–H and O–H groups in total. The fraction of sp³-hybridized carbons (Fsp3) is 0.154. The van der Waals surface area contributed by atoms with Gasteiger partial charge in [0.05, 0.1) is 17.7 Å². The average molecular weight is 308 g/mol. The Balaban J connectivity index is 2.39. The normalized spacial score (nSPS) is 11.0. The van der Waals surface area contributed by atoms with Crippen molar-refractivity contribution in [3.8, 4) is 5.75 Å². The van der Waals surface area contributed by atoms with Crippen molar-refractivity contribution < 1.29 is 13.2 Å². The summed E-state index contributed by atoms with van der Waals surface area (Å²) in [4.78, 5) is 3.92. The summed E-state index contributed by atoms with van der Waals surface area (Å²) in [6.45, 7) is 1.86. The summed E-state index contributed by atoms with van der Waals surface area (Å²) in [5, 5.41) is 0. The highest BCUT2D eigenvalue weighted by Crippen LogP contribution is 2.28. The molecule has 0 atom stereocenters. The highest BCUT2D eigenvalue weighted by atomic mass is 32.2. The molecule has 0 unspecified atom stereocenters. The summed E-state index contributed by atoms with van der Waals surface area (Å²) < 4.78 is 32.4. The molecule has 1 aromatic carbocycles. The van der Waals surface area contributed by atoms with E-state index in [4.69, 9.17) is 10.6 Å². The van der Waals surface area contributed by atoms with Crippen molar-refractivity contribution in [3.63, 3.8) is 0 Å². The lowest BCUT2D eigenvalue weighted by atomic mass is 10.2. The Bertz CT molecular complexity index is 747. The molecule has 0 aliphatic rings. The minimum Gasteiger partial charge on any atom is -0.495 e. The lowest BCUT2D eigenvalue weighted by Crippen LogP contribution is -2.15. The van der Waals surface area contributed by atoms with Crippen molar-refractivity contribution in [2.45, 2.75) is 11.8 Å². The van der Waals surface area contributed by atoms with E-state index >= 15 is 0 Å². The number of ether oxygens (including phenoxy) is 1. The molecule has 8 heteroatoms. The summed E-state index contributed by atoms with van der Waals surface area (Å²) in [7, 11) is -2.28. The molecule has 1 aromatic heterocycles. The van der Waals surface area contributed by atoms with Gasteiger partial charge in [-0.1, -0.05) is 6.07 Å². The number of aryl methyl sites for hydroxylation is 1. The molecule has 7 nitrogen and oxygen atoms in total. The predicted molar refractivity (Wildman–Crippen MR) is 80.6 cm³/mol. The van der Waals surface area contributed by atoms with Crippen LogP contribution in [0.15, 0.2) is 41.4 Å². The summed E-state index contributed by atoms with van der Waals surface area (Å²) in [6, 6.07) is 7.95. The third-order valence-corrected chi connectivity index (χ3v) is 4.15. The molecule has 112 valence electrons. The molecular formula is C13H16N4O3S. The monoisotopic (exact) mass is 308 g/mol. The van der Waals surface area contributed by atoms with E-state index in [-0.39, 0.29) is 10.7 Å². The third kappa shape index (κ3) is 3.41. The van der Waals surface area contributed by atoms with E-state index in [0.29, 0.717) is 11.4 Å². The van der Waals surface area contributed by atoms with Crippen molar-refractivity contribution in [1.82, 2.24) is 4.98 Å². The Morgan fingerprint density at radius 2 is 2.00 bits per heavy atom. The maximum Gasteiger partial charge on any atom is 0.262 e. The number of sulfonamides is 1. The summed E-state index contributed by atoms with van der Waals surface area (Å²) >= 11 is 0. The number of methoxy groups -OCH3 is 1. The van der Waals surface area contributed by atoms with Gasteiger partial charge in [0.15, 0.2) is 0 Å². The van der Waals surface area contributed by atoms with Gasteiger partial charge in [-0.05, 0) is 30.7 Å². The van der Waals surface area contributed by atoms with E-state index in [9.17, 15) is 8.42 Å². The third-order valence-electron chi connectivity index (χ3n) is 2.79. The first-order valence-corrected chi connectivity index (χ1v) is 7.54. The Labute approximate surface area is 123 Å². The summed E-state index contributed by atoms with van der Waals surface area (Å²) in [5.74, 6) is 5.93. The van der Waals surface area contributed by atoms with E-state index < -0.39 is 10.0 Å². The van der Waals surface area contributed by atoms with Crippen molar-refractivity contribution in [2.24, 2.45) is 5.84 Å². The molecule has 0 amide bonds. The second-order valence-corrected chi connectivity index (χ2v) is 6.01. The molecule has 2 rings (SSSR count). The lowest BCUT2D eigenvalue weighted by Gasteiger charge is -2.13. The predicted octanol–water partition coefficient (Wildman–Crippen LogP) is 1.49. The molecule has 21 heavy (non-hydrogen) atoms. The zero-order valence-electron chi connectivity index (χ0n) is 11.6. The molecule has 0 radical (unpaired) electrons. The van der Waals surface area contributed by atoms with Crippen LogP contribution in [0.25, 0.3) is 0 Å². The van der Waals surface area contributed by atoms with Crippen LogP contribution in [0.3, 0.4) is 0 Å². The zero-order valence-corrected chi connectivity index (χ0v) is 12.4. The number of nitrogen functional groups attached to an aromatic ring is 1. The number of hydrazine groups is 1. The van der Waals surface area contributed by atoms with Gasteiger partial charge in [0.2, 0.25) is 0 Å². The maximum atomic E-state index is 12.4. The first-order valence-electron chi connectivity index (χ1n) is 6.06. The van der Waals surface area contributed by atoms with Crippen molar-refractivity contribution >= 4 is 21.5 Å². The van der Waals surface area contributed by atoms with Gasteiger partial charge in [-0.25, -0.2) is 19.2 Å². The average Bonchev–Trinajstić information content (AvgIpc) is 2.47. The van der Waals surface area contributed by atoms with Crippen molar-refractivity contribution in [2.75, 3.05) is 17.3 Å². The van der Waals surface area contributed by atoms with E-state index in [1.54, 1.807) is 12.1 Å². The summed E-state index contributed by atoms with van der Waals surface area (Å²) in [6.07, 6.45) is 1.36. The Hall–Kier alpha value is -2.32. The fourth-order valence-corrected chi connectivity index (χ4v) is 2.84. The second-order valence-electron chi connectivity index (χ2n) is 4.33. The maximum absolute atomic E-state index is 12.4. The van der Waals surface area contributed by atoms with Crippen LogP contribution in [0.4, 0.5) is 11.5 Å². The van der Waals surface area contributed by atoms with Crippen LogP contribution in [0.2, 0.25) is 0 Å². The molecule has 0 fully saturated rings. The number of nitrogens with one attached hydrogen (secondary N) is 2. The zero-order chi connectivity index (χ0) is 15.5. The van der Waals surface area contributed by atoms with Gasteiger partial charge in [0.25, 0.3) is 10.0 Å². The van der Waals surface area contributed by atoms with E-state index in [2.05, 4.69) is 15.1 Å². The molecule has 0 saturated heterocycles. The van der Waals surface area contributed by atoms with Gasteiger partial charge in [-0.2, -0.15) is 0 Å². The number of pyridine rings is 1. The number of rotatable bonds is 5. The highest BCUT2D eigenvalue weighted by Gasteiger charge is 2.17. The molecular weight excluding hydrogens is 292 g/mol. The largest absolute Gasteiger partial charge is 0.495 e. The number of benzene rings is 1. The van der Waals surface area contributed by atoms with E-state index in [1.807, 2.05) is 13.0 Å². The molecule has 0 bridgehead atoms. The van der Waals surface area contributed by atoms with Crippen molar-refractivity contribution in [3.05, 3.63) is 42.1 Å². The van der Waals surface area contributed by atoms with Crippen LogP contribution in [-0.4, -0.2) is 20.5 Å². The number of nitrogens with zero attached hydrogens (tertiary/aromatic N) is 1. The van der Waals surface area contributed by atoms with Crippen LogP contribution >= 0.6 is 0 Å². The van der Waals surface area contributed by atoms with E-state index in [0.717, 1.165) is 5.56 Å². The van der Waals surface area contributed by atoms with Gasteiger partial charge in [0.1, 0.15) is 11.6 Å². The minimum atomic E-state index is -3.76. The van der Waals surface area contributed by atoms with Crippen LogP contribution in [0.5, 0.6) is 5.75 Å². The Morgan fingerprint density at radius 1 is 1.24 bits per heavy atom. The van der Waals surface area contributed by atoms with Gasteiger partial charge in [-0.3, -0.25) is 4.72 Å².